The summed E-state index contributed by atoms with van der Waals surface area (Å²) in [5.41, 5.74) is 6.08. The third-order valence-corrected chi connectivity index (χ3v) is 3.99. The van der Waals surface area contributed by atoms with E-state index in [1.54, 1.807) is 0 Å². The molecule has 1 atom stereocenters. The molecule has 3 heteroatoms. The zero-order valence-electron chi connectivity index (χ0n) is 13.0. The predicted molar refractivity (Wildman–Crippen MR) is 94.9 cm³/mol. The molecule has 0 radical (unpaired) electrons. The third kappa shape index (κ3) is 4.05. The molecular weight excluding hydrogens is 276 g/mol. The molecule has 0 spiro atoms. The number of aryl methyl sites for hydroxylation is 3. The predicted octanol–water partition coefficient (Wildman–Crippen LogP) is 4.66. The highest BCUT2D eigenvalue weighted by Crippen LogP contribution is 2.18. The number of hydrogen-bond donors (Lipinski definition) is 2. The molecule has 0 saturated carbocycles. The van der Waals surface area contributed by atoms with Gasteiger partial charge in [-0.2, -0.15) is 0 Å². The van der Waals surface area contributed by atoms with Gasteiger partial charge >= 0.3 is 0 Å². The first-order valence-electron chi connectivity index (χ1n) is 7.17. The van der Waals surface area contributed by atoms with E-state index in [-0.39, 0.29) is 6.04 Å². The van der Waals surface area contributed by atoms with Gasteiger partial charge in [0.1, 0.15) is 0 Å². The Morgan fingerprint density at radius 1 is 0.952 bits per heavy atom. The minimum absolute atomic E-state index is 0.174. The maximum atomic E-state index is 5.41. The molecular formula is C18H22N2S. The van der Waals surface area contributed by atoms with Crippen LogP contribution in [0.4, 0.5) is 5.69 Å². The van der Waals surface area contributed by atoms with Crippen LogP contribution in [0.3, 0.4) is 0 Å². The van der Waals surface area contributed by atoms with Crippen LogP contribution in [0.15, 0.2) is 42.5 Å². The molecule has 2 aromatic rings. The van der Waals surface area contributed by atoms with Gasteiger partial charge in [-0.15, -0.1) is 0 Å². The molecule has 0 amide bonds. The maximum absolute atomic E-state index is 5.41. The highest BCUT2D eigenvalue weighted by atomic mass is 32.1. The quantitative estimate of drug-likeness (QED) is 0.806. The zero-order chi connectivity index (χ0) is 15.4. The molecule has 0 aliphatic carbocycles. The lowest BCUT2D eigenvalue weighted by Crippen LogP contribution is -2.31. The molecule has 2 aromatic carbocycles. The topological polar surface area (TPSA) is 24.1 Å². The van der Waals surface area contributed by atoms with E-state index in [0.717, 1.165) is 5.69 Å². The molecule has 0 saturated heterocycles. The standard InChI is InChI=1S/C18H22N2S/c1-12-9-10-16(11-14(12)3)15(4)19-18(21)20-17-8-6-5-7-13(17)2/h5-11,15H,1-4H3,(H2,19,20,21). The summed E-state index contributed by atoms with van der Waals surface area (Å²) >= 11 is 5.41. The van der Waals surface area contributed by atoms with Crippen molar-refractivity contribution in [1.29, 1.82) is 0 Å². The molecule has 0 bridgehead atoms. The summed E-state index contributed by atoms with van der Waals surface area (Å²) in [5.74, 6) is 0. The van der Waals surface area contributed by atoms with E-state index in [9.17, 15) is 0 Å². The van der Waals surface area contributed by atoms with Crippen LogP contribution in [0.25, 0.3) is 0 Å². The smallest absolute Gasteiger partial charge is 0.171 e. The SMILES string of the molecule is Cc1ccc(C(C)NC(=S)Nc2ccccc2C)cc1C. The normalized spacial score (nSPS) is 11.8. The molecule has 21 heavy (non-hydrogen) atoms. The van der Waals surface area contributed by atoms with Crippen LogP contribution in [0.2, 0.25) is 0 Å². The maximum Gasteiger partial charge on any atom is 0.171 e. The van der Waals surface area contributed by atoms with Gasteiger partial charge < -0.3 is 10.6 Å². The number of rotatable bonds is 3. The van der Waals surface area contributed by atoms with Crippen molar-refractivity contribution in [3.05, 3.63) is 64.7 Å². The lowest BCUT2D eigenvalue weighted by atomic mass is 10.0. The number of hydrogen-bond acceptors (Lipinski definition) is 1. The molecule has 0 aliphatic rings. The van der Waals surface area contributed by atoms with E-state index in [1.807, 2.05) is 18.2 Å². The molecule has 0 aromatic heterocycles. The van der Waals surface area contributed by atoms with Gasteiger partial charge in [-0.25, -0.2) is 0 Å². The molecule has 2 rings (SSSR count). The summed E-state index contributed by atoms with van der Waals surface area (Å²) in [6, 6.07) is 14.8. The van der Waals surface area contributed by atoms with Crippen molar-refractivity contribution in [1.82, 2.24) is 5.32 Å². The van der Waals surface area contributed by atoms with Crippen LogP contribution in [0.5, 0.6) is 0 Å². The van der Waals surface area contributed by atoms with E-state index in [0.29, 0.717) is 5.11 Å². The van der Waals surface area contributed by atoms with E-state index in [1.165, 1.54) is 22.3 Å². The zero-order valence-corrected chi connectivity index (χ0v) is 13.8. The fourth-order valence-corrected chi connectivity index (χ4v) is 2.47. The monoisotopic (exact) mass is 298 g/mol. The lowest BCUT2D eigenvalue weighted by molar-refractivity contribution is 0.721. The van der Waals surface area contributed by atoms with Gasteiger partial charge in [0.05, 0.1) is 6.04 Å². The summed E-state index contributed by atoms with van der Waals surface area (Å²) in [6.07, 6.45) is 0. The van der Waals surface area contributed by atoms with Crippen LogP contribution >= 0.6 is 12.2 Å². The Hall–Kier alpha value is -1.87. The Balaban J connectivity index is 2.02. The van der Waals surface area contributed by atoms with Crippen molar-refractivity contribution in [2.45, 2.75) is 33.7 Å². The summed E-state index contributed by atoms with van der Waals surface area (Å²) in [4.78, 5) is 0. The summed E-state index contributed by atoms with van der Waals surface area (Å²) in [6.45, 7) is 8.45. The molecule has 0 heterocycles. The van der Waals surface area contributed by atoms with E-state index >= 15 is 0 Å². The van der Waals surface area contributed by atoms with E-state index in [4.69, 9.17) is 12.2 Å². The highest BCUT2D eigenvalue weighted by Gasteiger charge is 2.08. The molecule has 0 aliphatic heterocycles. The average molecular weight is 298 g/mol. The Bertz CT molecular complexity index is 649. The summed E-state index contributed by atoms with van der Waals surface area (Å²) < 4.78 is 0. The van der Waals surface area contributed by atoms with Crippen molar-refractivity contribution in [2.75, 3.05) is 5.32 Å². The lowest BCUT2D eigenvalue weighted by Gasteiger charge is -2.19. The van der Waals surface area contributed by atoms with Crippen LogP contribution < -0.4 is 10.6 Å². The molecule has 110 valence electrons. The third-order valence-electron chi connectivity index (χ3n) is 3.77. The Labute approximate surface area is 132 Å². The minimum atomic E-state index is 0.174. The fraction of sp³-hybridized carbons (Fsp3) is 0.278. The first kappa shape index (κ1) is 15.5. The summed E-state index contributed by atoms with van der Waals surface area (Å²) in [5, 5.41) is 7.24. The number of thiocarbonyl (C=S) groups is 1. The molecule has 2 nitrogen and oxygen atoms in total. The van der Waals surface area contributed by atoms with Crippen molar-refractivity contribution < 1.29 is 0 Å². The largest absolute Gasteiger partial charge is 0.356 e. The van der Waals surface area contributed by atoms with Gasteiger partial charge in [0.25, 0.3) is 0 Å². The first-order chi connectivity index (χ1) is 9.97. The highest BCUT2D eigenvalue weighted by molar-refractivity contribution is 7.80. The molecule has 1 unspecified atom stereocenters. The van der Waals surface area contributed by atoms with Crippen LogP contribution in [0.1, 0.15) is 35.2 Å². The fourth-order valence-electron chi connectivity index (χ4n) is 2.19. The Morgan fingerprint density at radius 2 is 1.67 bits per heavy atom. The van der Waals surface area contributed by atoms with E-state index < -0.39 is 0 Å². The van der Waals surface area contributed by atoms with Gasteiger partial charge in [0, 0.05) is 5.69 Å². The van der Waals surface area contributed by atoms with Gasteiger partial charge in [-0.1, -0.05) is 36.4 Å². The van der Waals surface area contributed by atoms with Crippen molar-refractivity contribution in [3.8, 4) is 0 Å². The average Bonchev–Trinajstić information content (AvgIpc) is 2.44. The van der Waals surface area contributed by atoms with Gasteiger partial charge in [0.15, 0.2) is 5.11 Å². The van der Waals surface area contributed by atoms with Crippen LogP contribution in [-0.4, -0.2) is 5.11 Å². The first-order valence-corrected chi connectivity index (χ1v) is 7.58. The Morgan fingerprint density at radius 3 is 2.33 bits per heavy atom. The van der Waals surface area contributed by atoms with E-state index in [2.05, 4.69) is 62.6 Å². The number of anilines is 1. The Kier molecular flexibility index (Phi) is 4.97. The molecule has 2 N–H and O–H groups in total. The number of benzene rings is 2. The van der Waals surface area contributed by atoms with Gasteiger partial charge in [0.2, 0.25) is 0 Å². The van der Waals surface area contributed by atoms with Crippen molar-refractivity contribution >= 4 is 23.0 Å². The van der Waals surface area contributed by atoms with Crippen molar-refractivity contribution in [2.24, 2.45) is 0 Å². The van der Waals surface area contributed by atoms with Gasteiger partial charge in [-0.05, 0) is 68.2 Å². The van der Waals surface area contributed by atoms with Crippen LogP contribution in [0, 0.1) is 20.8 Å². The second-order valence-electron chi connectivity index (χ2n) is 5.48. The van der Waals surface area contributed by atoms with Gasteiger partial charge in [-0.3, -0.25) is 0 Å². The number of para-hydroxylation sites is 1. The molecule has 0 fully saturated rings. The van der Waals surface area contributed by atoms with Crippen LogP contribution in [-0.2, 0) is 0 Å². The minimum Gasteiger partial charge on any atom is -0.356 e. The summed E-state index contributed by atoms with van der Waals surface area (Å²) in [7, 11) is 0. The van der Waals surface area contributed by atoms with Crippen molar-refractivity contribution in [3.63, 3.8) is 0 Å². The second kappa shape index (κ2) is 6.72. The number of nitrogens with one attached hydrogen (secondary N) is 2. The second-order valence-corrected chi connectivity index (χ2v) is 5.89.